The standard InChI is InChI=1S/C27H33N7O3S/c1-27(2,3)38(35,36)32-21-6-5-7-22(16-21)34-13-10-19-18-29-26(31-25(19)34)30-20-8-9-23(24(17-20)37-4)33-14-11-28-12-15-33/h5-10,13,16-18,28,32H,11-12,14-15H2,1-4H3,(H,29,30,31). The van der Waals surface area contributed by atoms with E-state index in [1.807, 2.05) is 41.1 Å². The molecule has 4 aromatic rings. The van der Waals surface area contributed by atoms with E-state index in [4.69, 9.17) is 9.72 Å². The molecule has 38 heavy (non-hydrogen) atoms. The van der Waals surface area contributed by atoms with Crippen LogP contribution < -0.4 is 25.0 Å². The zero-order chi connectivity index (χ0) is 26.9. The van der Waals surface area contributed by atoms with E-state index in [2.05, 4.69) is 31.3 Å². The monoisotopic (exact) mass is 535 g/mol. The van der Waals surface area contributed by atoms with Gasteiger partial charge in [-0.25, -0.2) is 13.4 Å². The third-order valence-corrected chi connectivity index (χ3v) is 8.62. The Morgan fingerprint density at radius 2 is 1.82 bits per heavy atom. The second-order valence-corrected chi connectivity index (χ2v) is 12.6. The molecule has 1 saturated heterocycles. The van der Waals surface area contributed by atoms with Gasteiger partial charge in [0.05, 0.1) is 23.2 Å². The molecule has 1 fully saturated rings. The van der Waals surface area contributed by atoms with Crippen LogP contribution in [0.15, 0.2) is 60.9 Å². The summed E-state index contributed by atoms with van der Waals surface area (Å²) in [4.78, 5) is 11.6. The van der Waals surface area contributed by atoms with Crippen LogP contribution in [0.3, 0.4) is 0 Å². The molecule has 0 bridgehead atoms. The molecule has 1 aliphatic rings. The Bertz CT molecular complexity index is 1550. The molecule has 5 rings (SSSR count). The predicted octanol–water partition coefficient (Wildman–Crippen LogP) is 4.12. The molecular formula is C27H33N7O3S. The average molecular weight is 536 g/mol. The van der Waals surface area contributed by atoms with Crippen LogP contribution >= 0.6 is 0 Å². The second kappa shape index (κ2) is 10.1. The number of ether oxygens (including phenoxy) is 1. The lowest BCUT2D eigenvalue weighted by molar-refractivity contribution is 0.413. The third kappa shape index (κ3) is 5.25. The zero-order valence-electron chi connectivity index (χ0n) is 22.0. The number of benzene rings is 2. The van der Waals surface area contributed by atoms with Crippen molar-refractivity contribution in [2.45, 2.75) is 25.5 Å². The fourth-order valence-electron chi connectivity index (χ4n) is 4.27. The highest BCUT2D eigenvalue weighted by Gasteiger charge is 2.29. The van der Waals surface area contributed by atoms with Crippen LogP contribution in [0.5, 0.6) is 5.75 Å². The van der Waals surface area contributed by atoms with Gasteiger partial charge in [-0.2, -0.15) is 4.98 Å². The number of aromatic nitrogens is 3. The van der Waals surface area contributed by atoms with Gasteiger partial charge in [-0.1, -0.05) is 6.07 Å². The summed E-state index contributed by atoms with van der Waals surface area (Å²) in [5, 5.41) is 7.52. The Morgan fingerprint density at radius 3 is 2.55 bits per heavy atom. The lowest BCUT2D eigenvalue weighted by atomic mass is 10.2. The Kier molecular flexibility index (Phi) is 6.89. The van der Waals surface area contributed by atoms with Gasteiger partial charge in [0.2, 0.25) is 16.0 Å². The van der Waals surface area contributed by atoms with Crippen LogP contribution in [0.1, 0.15) is 20.8 Å². The van der Waals surface area contributed by atoms with Crippen LogP contribution in [-0.2, 0) is 10.0 Å². The molecule has 11 heteroatoms. The smallest absolute Gasteiger partial charge is 0.237 e. The number of nitrogens with one attached hydrogen (secondary N) is 3. The van der Waals surface area contributed by atoms with Crippen molar-refractivity contribution in [3.8, 4) is 11.4 Å². The van der Waals surface area contributed by atoms with Crippen LogP contribution in [0, 0.1) is 0 Å². The predicted molar refractivity (Wildman–Crippen MR) is 153 cm³/mol. The first-order valence-corrected chi connectivity index (χ1v) is 14.0. The Morgan fingerprint density at radius 1 is 1.03 bits per heavy atom. The van der Waals surface area contributed by atoms with Crippen LogP contribution in [0.25, 0.3) is 16.7 Å². The molecule has 2 aromatic heterocycles. The van der Waals surface area contributed by atoms with Crippen molar-refractivity contribution in [3.05, 3.63) is 60.9 Å². The van der Waals surface area contributed by atoms with Crippen molar-refractivity contribution in [2.75, 3.05) is 48.2 Å². The molecule has 10 nitrogen and oxygen atoms in total. The van der Waals surface area contributed by atoms with E-state index in [9.17, 15) is 8.42 Å². The van der Waals surface area contributed by atoms with Crippen molar-refractivity contribution in [1.82, 2.24) is 19.9 Å². The Balaban J connectivity index is 1.42. The summed E-state index contributed by atoms with van der Waals surface area (Å²) in [7, 11) is -1.87. The molecule has 0 amide bonds. The highest BCUT2D eigenvalue weighted by atomic mass is 32.2. The summed E-state index contributed by atoms with van der Waals surface area (Å²) < 4.78 is 34.6. The van der Waals surface area contributed by atoms with Gasteiger partial charge >= 0.3 is 0 Å². The first-order chi connectivity index (χ1) is 18.1. The van der Waals surface area contributed by atoms with E-state index in [1.54, 1.807) is 46.2 Å². The molecular weight excluding hydrogens is 502 g/mol. The second-order valence-electron chi connectivity index (χ2n) is 10.2. The SMILES string of the molecule is COc1cc(Nc2ncc3ccn(-c4cccc(NS(=O)(=O)C(C)(C)C)c4)c3n2)ccc1N1CCNCC1. The van der Waals surface area contributed by atoms with Crippen LogP contribution in [0.4, 0.5) is 23.0 Å². The molecule has 0 saturated carbocycles. The molecule has 0 spiro atoms. The molecule has 3 N–H and O–H groups in total. The number of sulfonamides is 1. The van der Waals surface area contributed by atoms with Crippen molar-refractivity contribution < 1.29 is 13.2 Å². The maximum absolute atomic E-state index is 12.6. The minimum atomic E-state index is -3.55. The largest absolute Gasteiger partial charge is 0.495 e. The molecule has 2 aromatic carbocycles. The number of nitrogens with zero attached hydrogens (tertiary/aromatic N) is 4. The van der Waals surface area contributed by atoms with Gasteiger partial charge in [0, 0.05) is 61.4 Å². The number of hydrogen-bond donors (Lipinski definition) is 3. The van der Waals surface area contributed by atoms with E-state index in [1.165, 1.54) is 0 Å². The van der Waals surface area contributed by atoms with Crippen molar-refractivity contribution in [3.63, 3.8) is 0 Å². The van der Waals surface area contributed by atoms with Crippen LogP contribution in [-0.4, -0.2) is 61.0 Å². The average Bonchev–Trinajstić information content (AvgIpc) is 3.32. The molecule has 0 unspecified atom stereocenters. The molecule has 0 radical (unpaired) electrons. The number of piperazine rings is 1. The Hall–Kier alpha value is -3.83. The van der Waals surface area contributed by atoms with E-state index in [0.717, 1.165) is 54.4 Å². The molecule has 3 heterocycles. The summed E-state index contributed by atoms with van der Waals surface area (Å²) in [6.45, 7) is 8.75. The minimum Gasteiger partial charge on any atom is -0.495 e. The number of methoxy groups -OCH3 is 1. The molecule has 0 aliphatic carbocycles. The first-order valence-electron chi connectivity index (χ1n) is 12.5. The highest BCUT2D eigenvalue weighted by Crippen LogP contribution is 2.32. The fourth-order valence-corrected chi connectivity index (χ4v) is 5.01. The highest BCUT2D eigenvalue weighted by molar-refractivity contribution is 7.94. The van der Waals surface area contributed by atoms with E-state index < -0.39 is 14.8 Å². The minimum absolute atomic E-state index is 0.444. The molecule has 1 aliphatic heterocycles. The molecule has 200 valence electrons. The van der Waals surface area contributed by atoms with E-state index in [-0.39, 0.29) is 0 Å². The van der Waals surface area contributed by atoms with Gasteiger partial charge in [0.25, 0.3) is 0 Å². The normalized spacial score (nSPS) is 14.5. The van der Waals surface area contributed by atoms with Gasteiger partial charge in [-0.3, -0.25) is 4.72 Å². The summed E-state index contributed by atoms with van der Waals surface area (Å²) in [6, 6.07) is 15.2. The van der Waals surface area contributed by atoms with Crippen molar-refractivity contribution in [2.24, 2.45) is 0 Å². The van der Waals surface area contributed by atoms with E-state index in [0.29, 0.717) is 17.3 Å². The topological polar surface area (TPSA) is 113 Å². The van der Waals surface area contributed by atoms with Gasteiger partial charge in [0.15, 0.2) is 0 Å². The van der Waals surface area contributed by atoms with Crippen molar-refractivity contribution in [1.29, 1.82) is 0 Å². The van der Waals surface area contributed by atoms with E-state index >= 15 is 0 Å². The number of rotatable bonds is 7. The summed E-state index contributed by atoms with van der Waals surface area (Å²) in [5.74, 6) is 1.23. The third-order valence-electron chi connectivity index (χ3n) is 6.50. The summed E-state index contributed by atoms with van der Waals surface area (Å²) in [6.07, 6.45) is 3.66. The van der Waals surface area contributed by atoms with Gasteiger partial charge in [-0.05, 0) is 57.2 Å². The lowest BCUT2D eigenvalue weighted by Crippen LogP contribution is -2.43. The number of fused-ring (bicyclic) bond motifs is 1. The van der Waals surface area contributed by atoms with Crippen molar-refractivity contribution >= 4 is 44.1 Å². The van der Waals surface area contributed by atoms with Gasteiger partial charge in [0.1, 0.15) is 11.4 Å². The zero-order valence-corrected chi connectivity index (χ0v) is 22.8. The maximum Gasteiger partial charge on any atom is 0.237 e. The number of anilines is 4. The van der Waals surface area contributed by atoms with Gasteiger partial charge < -0.3 is 24.8 Å². The first kappa shape index (κ1) is 25.8. The van der Waals surface area contributed by atoms with Gasteiger partial charge in [-0.15, -0.1) is 0 Å². The summed E-state index contributed by atoms with van der Waals surface area (Å²) >= 11 is 0. The fraction of sp³-hybridized carbons (Fsp3) is 0.333. The number of hydrogen-bond acceptors (Lipinski definition) is 8. The lowest BCUT2D eigenvalue weighted by Gasteiger charge is -2.30. The maximum atomic E-state index is 12.6. The molecule has 0 atom stereocenters. The summed E-state index contributed by atoms with van der Waals surface area (Å²) in [5.41, 5.74) is 3.84. The van der Waals surface area contributed by atoms with Crippen LogP contribution in [0.2, 0.25) is 0 Å². The quantitative estimate of drug-likeness (QED) is 0.324. The Labute approximate surface area is 223 Å².